The minimum absolute atomic E-state index is 0.239. The number of nitrogens with one attached hydrogen (secondary N) is 1. The van der Waals surface area contributed by atoms with Crippen molar-refractivity contribution in [3.63, 3.8) is 0 Å². The van der Waals surface area contributed by atoms with Crippen LogP contribution in [0, 0.1) is 5.82 Å². The van der Waals surface area contributed by atoms with E-state index in [0.29, 0.717) is 5.52 Å². The van der Waals surface area contributed by atoms with Gasteiger partial charge in [-0.25, -0.2) is 9.37 Å². The van der Waals surface area contributed by atoms with Gasteiger partial charge in [0, 0.05) is 19.0 Å². The topological polar surface area (TPSA) is 29.9 Å². The van der Waals surface area contributed by atoms with Crippen molar-refractivity contribution in [2.24, 2.45) is 0 Å². The number of aromatic nitrogens is 2. The molecule has 0 aliphatic carbocycles. The van der Waals surface area contributed by atoms with E-state index in [1.165, 1.54) is 6.07 Å². The fourth-order valence-corrected chi connectivity index (χ4v) is 2.29. The zero-order valence-corrected chi connectivity index (χ0v) is 11.2. The predicted octanol–water partition coefficient (Wildman–Crippen LogP) is 2.91. The normalized spacial score (nSPS) is 13.1. The van der Waals surface area contributed by atoms with Gasteiger partial charge in [-0.05, 0) is 25.6 Å². The Kier molecular flexibility index (Phi) is 3.97. The summed E-state index contributed by atoms with van der Waals surface area (Å²) in [5.41, 5.74) is 1.37. The number of nitrogens with zero attached hydrogens (tertiary/aromatic N) is 2. The minimum Gasteiger partial charge on any atom is -0.328 e. The van der Waals surface area contributed by atoms with Crippen molar-refractivity contribution in [2.45, 2.75) is 33.2 Å². The molecular formula is C14H20FN3. The second-order valence-corrected chi connectivity index (χ2v) is 4.53. The first-order valence-electron chi connectivity index (χ1n) is 6.54. The van der Waals surface area contributed by atoms with Gasteiger partial charge in [0.2, 0.25) is 0 Å². The third-order valence-corrected chi connectivity index (χ3v) is 3.22. The summed E-state index contributed by atoms with van der Waals surface area (Å²) in [7, 11) is 0. The zero-order chi connectivity index (χ0) is 13.1. The highest BCUT2D eigenvalue weighted by molar-refractivity contribution is 5.76. The van der Waals surface area contributed by atoms with Gasteiger partial charge in [0.15, 0.2) is 5.82 Å². The molecule has 98 valence electrons. The Hall–Kier alpha value is -1.42. The summed E-state index contributed by atoms with van der Waals surface area (Å²) < 4.78 is 15.8. The fourth-order valence-electron chi connectivity index (χ4n) is 2.29. The van der Waals surface area contributed by atoms with E-state index in [0.717, 1.165) is 31.0 Å². The zero-order valence-electron chi connectivity index (χ0n) is 11.2. The summed E-state index contributed by atoms with van der Waals surface area (Å²) >= 11 is 0. The lowest BCUT2D eigenvalue weighted by molar-refractivity contribution is 0.577. The molecule has 0 amide bonds. The smallest absolute Gasteiger partial charge is 0.151 e. The van der Waals surface area contributed by atoms with Crippen LogP contribution >= 0.6 is 0 Å². The lowest BCUT2D eigenvalue weighted by atomic mass is 10.1. The molecule has 0 aliphatic heterocycles. The van der Waals surface area contributed by atoms with Gasteiger partial charge in [0.25, 0.3) is 0 Å². The standard InChI is InChI=1S/C14H20FN3/c1-4-16-9-10(3)14-17-13-11(15)7-6-8-12(13)18(14)5-2/h6-8,10,16H,4-5,9H2,1-3H3. The highest BCUT2D eigenvalue weighted by Gasteiger charge is 2.17. The summed E-state index contributed by atoms with van der Waals surface area (Å²) in [6.45, 7) is 8.87. The van der Waals surface area contributed by atoms with E-state index < -0.39 is 0 Å². The molecule has 0 fully saturated rings. The van der Waals surface area contributed by atoms with Crippen LogP contribution in [0.5, 0.6) is 0 Å². The second-order valence-electron chi connectivity index (χ2n) is 4.53. The molecule has 0 saturated carbocycles. The third kappa shape index (κ3) is 2.25. The van der Waals surface area contributed by atoms with Gasteiger partial charge in [0.05, 0.1) is 5.52 Å². The van der Waals surface area contributed by atoms with Gasteiger partial charge in [0.1, 0.15) is 11.3 Å². The molecule has 1 aromatic heterocycles. The summed E-state index contributed by atoms with van der Waals surface area (Å²) in [4.78, 5) is 4.48. The molecule has 0 radical (unpaired) electrons. The van der Waals surface area contributed by atoms with Crippen molar-refractivity contribution in [2.75, 3.05) is 13.1 Å². The van der Waals surface area contributed by atoms with Crippen molar-refractivity contribution in [3.05, 3.63) is 29.8 Å². The van der Waals surface area contributed by atoms with Crippen molar-refractivity contribution in [3.8, 4) is 0 Å². The van der Waals surface area contributed by atoms with Gasteiger partial charge in [-0.15, -0.1) is 0 Å². The third-order valence-electron chi connectivity index (χ3n) is 3.22. The molecule has 1 unspecified atom stereocenters. The van der Waals surface area contributed by atoms with E-state index in [2.05, 4.69) is 35.6 Å². The average Bonchev–Trinajstić information content (AvgIpc) is 2.76. The first-order valence-corrected chi connectivity index (χ1v) is 6.54. The van der Waals surface area contributed by atoms with Crippen LogP contribution in [0.25, 0.3) is 11.0 Å². The van der Waals surface area contributed by atoms with Gasteiger partial charge in [-0.2, -0.15) is 0 Å². The van der Waals surface area contributed by atoms with Crippen molar-refractivity contribution < 1.29 is 4.39 Å². The summed E-state index contributed by atoms with van der Waals surface area (Å²) in [5, 5.41) is 3.31. The predicted molar refractivity (Wildman–Crippen MR) is 72.3 cm³/mol. The summed E-state index contributed by atoms with van der Waals surface area (Å²) in [6.07, 6.45) is 0. The Balaban J connectivity index is 2.46. The SMILES string of the molecule is CCNCC(C)c1nc2c(F)cccc2n1CC. The maximum absolute atomic E-state index is 13.7. The maximum Gasteiger partial charge on any atom is 0.151 e. The molecule has 1 aromatic carbocycles. The quantitative estimate of drug-likeness (QED) is 0.883. The maximum atomic E-state index is 13.7. The molecule has 1 heterocycles. The molecule has 0 aliphatic rings. The second kappa shape index (κ2) is 5.48. The van der Waals surface area contributed by atoms with Gasteiger partial charge >= 0.3 is 0 Å². The number of likely N-dealkylation sites (N-methyl/N-ethyl adjacent to an activating group) is 1. The Bertz CT molecular complexity index is 533. The van der Waals surface area contributed by atoms with E-state index in [4.69, 9.17) is 0 Å². The van der Waals surface area contributed by atoms with E-state index in [1.54, 1.807) is 6.07 Å². The van der Waals surface area contributed by atoms with Crippen LogP contribution in [0.2, 0.25) is 0 Å². The van der Waals surface area contributed by atoms with Crippen LogP contribution in [-0.4, -0.2) is 22.6 Å². The van der Waals surface area contributed by atoms with E-state index in [9.17, 15) is 4.39 Å². The van der Waals surface area contributed by atoms with E-state index >= 15 is 0 Å². The molecule has 1 N–H and O–H groups in total. The number of benzene rings is 1. The van der Waals surface area contributed by atoms with Crippen LogP contribution in [0.15, 0.2) is 18.2 Å². The molecule has 3 nitrogen and oxygen atoms in total. The number of hydrogen-bond acceptors (Lipinski definition) is 2. The number of imidazole rings is 1. The Labute approximate surface area is 107 Å². The van der Waals surface area contributed by atoms with Crippen molar-refractivity contribution in [1.82, 2.24) is 14.9 Å². The van der Waals surface area contributed by atoms with Gasteiger partial charge in [-0.3, -0.25) is 0 Å². The minimum atomic E-state index is -0.239. The lowest BCUT2D eigenvalue weighted by Gasteiger charge is -2.13. The van der Waals surface area contributed by atoms with Crippen LogP contribution in [0.3, 0.4) is 0 Å². The number of aryl methyl sites for hydroxylation is 1. The molecule has 1 atom stereocenters. The highest BCUT2D eigenvalue weighted by Crippen LogP contribution is 2.23. The molecule has 0 saturated heterocycles. The Morgan fingerprint density at radius 2 is 2.17 bits per heavy atom. The first kappa shape index (κ1) is 13.0. The largest absolute Gasteiger partial charge is 0.328 e. The van der Waals surface area contributed by atoms with Crippen LogP contribution in [0.1, 0.15) is 32.5 Å². The molecular weight excluding hydrogens is 229 g/mol. The molecule has 0 bridgehead atoms. The van der Waals surface area contributed by atoms with Gasteiger partial charge < -0.3 is 9.88 Å². The number of para-hydroxylation sites is 1. The van der Waals surface area contributed by atoms with E-state index in [1.807, 2.05) is 6.07 Å². The fraction of sp³-hybridized carbons (Fsp3) is 0.500. The lowest BCUT2D eigenvalue weighted by Crippen LogP contribution is -2.21. The van der Waals surface area contributed by atoms with Crippen LogP contribution in [-0.2, 0) is 6.54 Å². The number of rotatable bonds is 5. The molecule has 4 heteroatoms. The van der Waals surface area contributed by atoms with Crippen LogP contribution < -0.4 is 5.32 Å². The van der Waals surface area contributed by atoms with Gasteiger partial charge in [-0.1, -0.05) is 19.9 Å². The monoisotopic (exact) mass is 249 g/mol. The van der Waals surface area contributed by atoms with Crippen molar-refractivity contribution in [1.29, 1.82) is 0 Å². The number of hydrogen-bond donors (Lipinski definition) is 1. The first-order chi connectivity index (χ1) is 8.69. The summed E-state index contributed by atoms with van der Waals surface area (Å²) in [5.74, 6) is 0.992. The Morgan fingerprint density at radius 1 is 1.39 bits per heavy atom. The highest BCUT2D eigenvalue weighted by atomic mass is 19.1. The molecule has 0 spiro atoms. The molecule has 18 heavy (non-hydrogen) atoms. The number of fused-ring (bicyclic) bond motifs is 1. The average molecular weight is 249 g/mol. The molecule has 2 aromatic rings. The Morgan fingerprint density at radius 3 is 2.83 bits per heavy atom. The van der Waals surface area contributed by atoms with Crippen molar-refractivity contribution >= 4 is 11.0 Å². The number of halogens is 1. The molecule has 2 rings (SSSR count). The van der Waals surface area contributed by atoms with E-state index in [-0.39, 0.29) is 11.7 Å². The van der Waals surface area contributed by atoms with Crippen LogP contribution in [0.4, 0.5) is 4.39 Å². The summed E-state index contributed by atoms with van der Waals surface area (Å²) in [6, 6.07) is 5.14.